The predicted molar refractivity (Wildman–Crippen MR) is 137 cm³/mol. The highest BCUT2D eigenvalue weighted by molar-refractivity contribution is 6.20. The van der Waals surface area contributed by atoms with Crippen LogP contribution in [0.25, 0.3) is 0 Å². The standard InChI is InChI=1S/C25H30ClF3N6O5/c1-13-17(11-40-34-13)22(36)33-21(14-3-5-16(26)6-4-14)23(37)32-20-9-15(7-8-30-20)18(12-39-2)35-10-19(25(27,28)29)31-24(35)38/h7-9,11,14,16,18-19,21H,3-6,10,12H2,1-2H3,(H,31,38)(H,33,36)(H,30,32,37)/t14?,16?,18-,19+,21-/m1/s1. The number of methoxy groups -OCH3 is 1. The fourth-order valence-corrected chi connectivity index (χ4v) is 5.25. The first-order valence-electron chi connectivity index (χ1n) is 12.7. The predicted octanol–water partition coefficient (Wildman–Crippen LogP) is 3.56. The van der Waals surface area contributed by atoms with Crippen LogP contribution in [0, 0.1) is 12.8 Å². The van der Waals surface area contributed by atoms with E-state index in [2.05, 4.69) is 20.8 Å². The van der Waals surface area contributed by atoms with E-state index >= 15 is 0 Å². The second-order valence-electron chi connectivity index (χ2n) is 9.91. The van der Waals surface area contributed by atoms with Gasteiger partial charge in [0.2, 0.25) is 5.91 Å². The van der Waals surface area contributed by atoms with Gasteiger partial charge in [-0.2, -0.15) is 13.2 Å². The zero-order chi connectivity index (χ0) is 29.0. The maximum absolute atomic E-state index is 13.5. The molecule has 11 nitrogen and oxygen atoms in total. The van der Waals surface area contributed by atoms with Gasteiger partial charge in [0.05, 0.1) is 24.9 Å². The highest BCUT2D eigenvalue weighted by Crippen LogP contribution is 2.32. The molecule has 40 heavy (non-hydrogen) atoms. The summed E-state index contributed by atoms with van der Waals surface area (Å²) < 4.78 is 49.8. The maximum atomic E-state index is 13.5. The Hall–Kier alpha value is -3.39. The molecular formula is C25H30ClF3N6O5. The van der Waals surface area contributed by atoms with Crippen LogP contribution in [-0.2, 0) is 9.53 Å². The smallest absolute Gasteiger partial charge is 0.382 e. The third-order valence-electron chi connectivity index (χ3n) is 7.19. The second-order valence-corrected chi connectivity index (χ2v) is 10.5. The normalized spacial score (nSPS) is 22.9. The monoisotopic (exact) mass is 586 g/mol. The lowest BCUT2D eigenvalue weighted by Gasteiger charge is -2.31. The van der Waals surface area contributed by atoms with Crippen molar-refractivity contribution < 1.29 is 36.8 Å². The van der Waals surface area contributed by atoms with Gasteiger partial charge in [-0.1, -0.05) is 5.16 Å². The molecule has 1 aliphatic heterocycles. The number of amides is 4. The van der Waals surface area contributed by atoms with Crippen molar-refractivity contribution >= 4 is 35.3 Å². The molecule has 1 saturated heterocycles. The minimum absolute atomic E-state index is 0.00761. The number of anilines is 1. The minimum atomic E-state index is -4.60. The van der Waals surface area contributed by atoms with Gasteiger partial charge in [-0.3, -0.25) is 9.59 Å². The second kappa shape index (κ2) is 12.4. The number of aromatic nitrogens is 2. The van der Waals surface area contributed by atoms with Crippen molar-refractivity contribution in [2.75, 3.05) is 25.6 Å². The van der Waals surface area contributed by atoms with Crippen molar-refractivity contribution in [3.05, 3.63) is 41.4 Å². The number of urea groups is 1. The molecule has 0 aromatic carbocycles. The molecule has 218 valence electrons. The lowest BCUT2D eigenvalue weighted by Crippen LogP contribution is -2.49. The van der Waals surface area contributed by atoms with Crippen molar-refractivity contribution in [3.63, 3.8) is 0 Å². The number of alkyl halides is 4. The number of carbonyl (C=O) groups is 3. The van der Waals surface area contributed by atoms with Crippen LogP contribution in [0.3, 0.4) is 0 Å². The van der Waals surface area contributed by atoms with Crippen LogP contribution in [-0.4, -0.2) is 76.8 Å². The van der Waals surface area contributed by atoms with E-state index in [1.165, 1.54) is 31.7 Å². The summed E-state index contributed by atoms with van der Waals surface area (Å²) in [6, 6.07) is -1.70. The number of ether oxygens (including phenoxy) is 1. The fraction of sp³-hybridized carbons (Fsp3) is 0.560. The van der Waals surface area contributed by atoms with E-state index in [0.29, 0.717) is 36.9 Å². The van der Waals surface area contributed by atoms with Crippen LogP contribution in [0.4, 0.5) is 23.8 Å². The van der Waals surface area contributed by atoms with Crippen molar-refractivity contribution in [2.45, 2.75) is 62.3 Å². The van der Waals surface area contributed by atoms with Crippen LogP contribution in [0.2, 0.25) is 0 Å². The molecular weight excluding hydrogens is 557 g/mol. The molecule has 0 radical (unpaired) electrons. The number of nitrogens with one attached hydrogen (secondary N) is 3. The average molecular weight is 587 g/mol. The third-order valence-corrected chi connectivity index (χ3v) is 7.63. The Balaban J connectivity index is 1.53. The topological polar surface area (TPSA) is 139 Å². The van der Waals surface area contributed by atoms with Gasteiger partial charge < -0.3 is 30.1 Å². The van der Waals surface area contributed by atoms with Crippen molar-refractivity contribution in [2.24, 2.45) is 5.92 Å². The van der Waals surface area contributed by atoms with Crippen molar-refractivity contribution in [1.29, 1.82) is 0 Å². The summed E-state index contributed by atoms with van der Waals surface area (Å²) in [4.78, 5) is 44.0. The molecule has 2 fully saturated rings. The maximum Gasteiger partial charge on any atom is 0.410 e. The molecule has 1 aliphatic carbocycles. The SMILES string of the molecule is COC[C@H](c1ccnc(NC(=O)[C@H](NC(=O)c2conc2C)C2CCC(Cl)CC2)c1)N1C[C@@H](C(F)(F)F)NC1=O. The molecule has 15 heteroatoms. The highest BCUT2D eigenvalue weighted by Gasteiger charge is 2.48. The Morgan fingerprint density at radius 1 is 1.30 bits per heavy atom. The molecule has 1 saturated carbocycles. The number of pyridine rings is 1. The van der Waals surface area contributed by atoms with Crippen molar-refractivity contribution in [1.82, 2.24) is 25.7 Å². The number of halogens is 4. The summed E-state index contributed by atoms with van der Waals surface area (Å²) in [5.41, 5.74) is 0.985. The van der Waals surface area contributed by atoms with Gasteiger partial charge in [0.25, 0.3) is 5.91 Å². The Morgan fingerprint density at radius 2 is 2.02 bits per heavy atom. The van der Waals surface area contributed by atoms with Crippen LogP contribution in [0.1, 0.15) is 53.3 Å². The number of carbonyl (C=O) groups excluding carboxylic acids is 3. The number of hydrogen-bond acceptors (Lipinski definition) is 7. The molecule has 3 heterocycles. The average Bonchev–Trinajstić information content (AvgIpc) is 3.52. The van der Waals surface area contributed by atoms with Gasteiger partial charge in [-0.25, -0.2) is 9.78 Å². The van der Waals surface area contributed by atoms with E-state index in [1.54, 1.807) is 6.92 Å². The van der Waals surface area contributed by atoms with E-state index in [4.69, 9.17) is 20.9 Å². The number of nitrogens with zero attached hydrogens (tertiary/aromatic N) is 3. The lowest BCUT2D eigenvalue weighted by molar-refractivity contribution is -0.150. The van der Waals surface area contributed by atoms with Gasteiger partial charge in [0, 0.05) is 18.7 Å². The molecule has 2 aromatic rings. The van der Waals surface area contributed by atoms with Gasteiger partial charge >= 0.3 is 12.2 Å². The fourth-order valence-electron chi connectivity index (χ4n) is 5.00. The van der Waals surface area contributed by atoms with Crippen molar-refractivity contribution in [3.8, 4) is 0 Å². The van der Waals surface area contributed by atoms with Crippen LogP contribution in [0.5, 0.6) is 0 Å². The minimum Gasteiger partial charge on any atom is -0.382 e. The molecule has 2 aliphatic rings. The number of aryl methyl sites for hydroxylation is 1. The van der Waals surface area contributed by atoms with Gasteiger partial charge in [0.1, 0.15) is 29.7 Å². The van der Waals surface area contributed by atoms with Crippen LogP contribution >= 0.6 is 11.6 Å². The molecule has 0 bridgehead atoms. The quantitative estimate of drug-likeness (QED) is 0.382. The zero-order valence-corrected chi connectivity index (χ0v) is 22.6. The summed E-state index contributed by atoms with van der Waals surface area (Å²) in [6.07, 6.45) is 0.561. The van der Waals surface area contributed by atoms with Gasteiger partial charge in [-0.15, -0.1) is 11.6 Å². The van der Waals surface area contributed by atoms with Gasteiger partial charge in [-0.05, 0) is 56.2 Å². The first-order chi connectivity index (χ1) is 19.0. The lowest BCUT2D eigenvalue weighted by atomic mass is 9.83. The van der Waals surface area contributed by atoms with E-state index in [0.717, 1.165) is 4.90 Å². The molecule has 3 atom stereocenters. The first-order valence-corrected chi connectivity index (χ1v) is 13.2. The molecule has 0 unspecified atom stereocenters. The number of hydrogen-bond donors (Lipinski definition) is 3. The molecule has 0 spiro atoms. The molecule has 2 aromatic heterocycles. The molecule has 3 N–H and O–H groups in total. The van der Waals surface area contributed by atoms with Crippen LogP contribution < -0.4 is 16.0 Å². The van der Waals surface area contributed by atoms with E-state index in [-0.39, 0.29) is 29.3 Å². The summed E-state index contributed by atoms with van der Waals surface area (Å²) in [5.74, 6) is -1.14. The summed E-state index contributed by atoms with van der Waals surface area (Å²) in [5, 5.41) is 11.1. The number of rotatable bonds is 9. The molecule has 4 amide bonds. The zero-order valence-electron chi connectivity index (χ0n) is 21.8. The summed E-state index contributed by atoms with van der Waals surface area (Å²) >= 11 is 6.25. The summed E-state index contributed by atoms with van der Waals surface area (Å²) in [7, 11) is 1.37. The Bertz CT molecular complexity index is 1220. The van der Waals surface area contributed by atoms with Crippen LogP contribution in [0.15, 0.2) is 29.1 Å². The first kappa shape index (κ1) is 29.6. The third kappa shape index (κ3) is 6.84. The highest BCUT2D eigenvalue weighted by atomic mass is 35.5. The largest absolute Gasteiger partial charge is 0.410 e. The Labute approximate surface area is 233 Å². The Kier molecular flexibility index (Phi) is 9.19. The summed E-state index contributed by atoms with van der Waals surface area (Å²) in [6.45, 7) is 0.920. The van der Waals surface area contributed by atoms with Gasteiger partial charge in [0.15, 0.2) is 0 Å². The Morgan fingerprint density at radius 3 is 2.62 bits per heavy atom. The molecule has 4 rings (SSSR count). The van der Waals surface area contributed by atoms with E-state index < -0.39 is 48.7 Å². The van der Waals surface area contributed by atoms with E-state index in [9.17, 15) is 27.6 Å². The van der Waals surface area contributed by atoms with E-state index in [1.807, 2.05) is 5.32 Å².